The molecule has 0 saturated heterocycles. The van der Waals surface area contributed by atoms with Crippen LogP contribution in [0, 0.1) is 0 Å². The summed E-state index contributed by atoms with van der Waals surface area (Å²) in [5, 5.41) is 0. The molecular formula is C5H14OS. The maximum atomic E-state index is 4.05. The third-order valence-corrected chi connectivity index (χ3v) is 1.08. The Labute approximate surface area is 50.8 Å². The smallest absolute Gasteiger partial charge is 0.00979 e. The van der Waals surface area contributed by atoms with Crippen molar-refractivity contribution in [1.29, 1.82) is 0 Å². The first-order chi connectivity index (χ1) is 2.91. The van der Waals surface area contributed by atoms with Crippen LogP contribution in [0.25, 0.3) is 0 Å². The van der Waals surface area contributed by atoms with Crippen LogP contribution in [0.1, 0.15) is 26.2 Å². The average Bonchev–Trinajstić information content (AvgIpc) is 1.61. The Morgan fingerprint density at radius 2 is 1.86 bits per heavy atom. The van der Waals surface area contributed by atoms with E-state index in [4.69, 9.17) is 0 Å². The monoisotopic (exact) mass is 122 g/mol. The molecule has 0 unspecified atom stereocenters. The molecule has 0 saturated carbocycles. The van der Waals surface area contributed by atoms with Crippen molar-refractivity contribution < 1.29 is 5.48 Å². The van der Waals surface area contributed by atoms with Gasteiger partial charge in [-0.2, -0.15) is 12.6 Å². The second-order valence-electron chi connectivity index (χ2n) is 1.43. The third-order valence-electron chi connectivity index (χ3n) is 0.762. The topological polar surface area (TPSA) is 31.5 Å². The van der Waals surface area contributed by atoms with E-state index in [0.29, 0.717) is 0 Å². The Balaban J connectivity index is 0. The molecule has 2 heteroatoms. The van der Waals surface area contributed by atoms with Crippen molar-refractivity contribution in [1.82, 2.24) is 0 Å². The molecule has 0 radical (unpaired) electrons. The van der Waals surface area contributed by atoms with E-state index < -0.39 is 0 Å². The first kappa shape index (κ1) is 10.3. The zero-order chi connectivity index (χ0) is 4.83. The highest BCUT2D eigenvalue weighted by Crippen LogP contribution is 1.93. The fourth-order valence-electron chi connectivity index (χ4n) is 0.362. The molecule has 46 valence electrons. The van der Waals surface area contributed by atoms with Gasteiger partial charge in [-0.15, -0.1) is 0 Å². The molecule has 0 aromatic heterocycles. The van der Waals surface area contributed by atoms with Gasteiger partial charge in [0.2, 0.25) is 0 Å². The van der Waals surface area contributed by atoms with Gasteiger partial charge in [0.1, 0.15) is 0 Å². The quantitative estimate of drug-likeness (QED) is 0.432. The fourth-order valence-corrected chi connectivity index (χ4v) is 0.585. The molecule has 0 rings (SSSR count). The molecular weight excluding hydrogens is 108 g/mol. The summed E-state index contributed by atoms with van der Waals surface area (Å²) in [5.41, 5.74) is 0. The standard InChI is InChI=1S/C5H12S.H2O/c1-2-3-4-5-6;/h6H,2-5H2,1H3;1H2. The van der Waals surface area contributed by atoms with E-state index in [9.17, 15) is 0 Å². The largest absolute Gasteiger partial charge is 0.412 e. The van der Waals surface area contributed by atoms with Gasteiger partial charge in [-0.3, -0.25) is 0 Å². The van der Waals surface area contributed by atoms with Crippen LogP contribution >= 0.6 is 12.6 Å². The summed E-state index contributed by atoms with van der Waals surface area (Å²) < 4.78 is 0. The number of thiol groups is 1. The number of unbranched alkanes of at least 4 members (excludes halogenated alkanes) is 2. The Kier molecular flexibility index (Phi) is 14.1. The van der Waals surface area contributed by atoms with E-state index >= 15 is 0 Å². The molecule has 0 aliphatic rings. The number of hydrogen-bond donors (Lipinski definition) is 1. The Morgan fingerprint density at radius 1 is 1.29 bits per heavy atom. The van der Waals surface area contributed by atoms with Crippen LogP contribution < -0.4 is 0 Å². The van der Waals surface area contributed by atoms with E-state index in [2.05, 4.69) is 19.6 Å². The van der Waals surface area contributed by atoms with E-state index in [1.165, 1.54) is 19.3 Å². The van der Waals surface area contributed by atoms with Crippen LogP contribution in [0.2, 0.25) is 0 Å². The van der Waals surface area contributed by atoms with Gasteiger partial charge in [0.25, 0.3) is 0 Å². The van der Waals surface area contributed by atoms with Crippen molar-refractivity contribution in [2.24, 2.45) is 0 Å². The van der Waals surface area contributed by atoms with Crippen LogP contribution in [0.4, 0.5) is 0 Å². The van der Waals surface area contributed by atoms with Crippen molar-refractivity contribution in [2.75, 3.05) is 5.75 Å². The van der Waals surface area contributed by atoms with Crippen LogP contribution in [0.5, 0.6) is 0 Å². The summed E-state index contributed by atoms with van der Waals surface area (Å²) in [6.07, 6.45) is 3.92. The van der Waals surface area contributed by atoms with E-state index in [-0.39, 0.29) is 5.48 Å². The van der Waals surface area contributed by atoms with Crippen molar-refractivity contribution in [3.8, 4) is 0 Å². The SMILES string of the molecule is CCCCCS.O. The molecule has 2 N–H and O–H groups in total. The minimum atomic E-state index is 0. The Hall–Kier alpha value is 0.310. The second kappa shape index (κ2) is 9.58. The highest BCUT2D eigenvalue weighted by atomic mass is 32.1. The van der Waals surface area contributed by atoms with Gasteiger partial charge in [0.15, 0.2) is 0 Å². The van der Waals surface area contributed by atoms with E-state index in [0.717, 1.165) is 5.75 Å². The lowest BCUT2D eigenvalue weighted by Gasteiger charge is -1.85. The molecule has 0 bridgehead atoms. The van der Waals surface area contributed by atoms with Crippen molar-refractivity contribution in [2.45, 2.75) is 26.2 Å². The van der Waals surface area contributed by atoms with Gasteiger partial charge >= 0.3 is 0 Å². The summed E-state index contributed by atoms with van der Waals surface area (Å²) in [4.78, 5) is 0. The minimum absolute atomic E-state index is 0. The molecule has 0 aliphatic carbocycles. The molecule has 1 nitrogen and oxygen atoms in total. The highest BCUT2D eigenvalue weighted by molar-refractivity contribution is 7.80. The van der Waals surface area contributed by atoms with Gasteiger partial charge in [0.05, 0.1) is 0 Å². The highest BCUT2D eigenvalue weighted by Gasteiger charge is 1.75. The van der Waals surface area contributed by atoms with Crippen molar-refractivity contribution >= 4 is 12.6 Å². The molecule has 0 aromatic rings. The summed E-state index contributed by atoms with van der Waals surface area (Å²) >= 11 is 4.05. The lowest BCUT2D eigenvalue weighted by molar-refractivity contribution is 0.780. The summed E-state index contributed by atoms with van der Waals surface area (Å²) in [7, 11) is 0. The van der Waals surface area contributed by atoms with Gasteiger partial charge in [-0.05, 0) is 12.2 Å². The minimum Gasteiger partial charge on any atom is -0.412 e. The van der Waals surface area contributed by atoms with Gasteiger partial charge in [0, 0.05) is 0 Å². The first-order valence-corrected chi connectivity index (χ1v) is 3.16. The third kappa shape index (κ3) is 10.7. The lowest BCUT2D eigenvalue weighted by atomic mass is 10.3. The molecule has 0 aromatic carbocycles. The predicted octanol–water partition coefficient (Wildman–Crippen LogP) is 1.28. The number of hydrogen-bond acceptors (Lipinski definition) is 1. The summed E-state index contributed by atoms with van der Waals surface area (Å²) in [6, 6.07) is 0. The van der Waals surface area contributed by atoms with Crippen LogP contribution in [0.15, 0.2) is 0 Å². The second-order valence-corrected chi connectivity index (χ2v) is 1.88. The van der Waals surface area contributed by atoms with Crippen LogP contribution in [-0.2, 0) is 0 Å². The number of rotatable bonds is 3. The molecule has 0 fully saturated rings. The van der Waals surface area contributed by atoms with Crippen LogP contribution in [0.3, 0.4) is 0 Å². The molecule has 0 heterocycles. The maximum Gasteiger partial charge on any atom is -0.00979 e. The molecule has 0 aliphatic heterocycles. The predicted molar refractivity (Wildman–Crippen MR) is 37.0 cm³/mol. The van der Waals surface area contributed by atoms with Gasteiger partial charge < -0.3 is 5.48 Å². The Morgan fingerprint density at radius 3 is 2.00 bits per heavy atom. The lowest BCUT2D eigenvalue weighted by Crippen LogP contribution is -1.70. The van der Waals surface area contributed by atoms with Crippen molar-refractivity contribution in [3.05, 3.63) is 0 Å². The van der Waals surface area contributed by atoms with Gasteiger partial charge in [-0.25, -0.2) is 0 Å². The van der Waals surface area contributed by atoms with E-state index in [1.807, 2.05) is 0 Å². The zero-order valence-electron chi connectivity index (χ0n) is 4.78. The average molecular weight is 122 g/mol. The molecule has 7 heavy (non-hydrogen) atoms. The molecule has 0 atom stereocenters. The summed E-state index contributed by atoms with van der Waals surface area (Å²) in [5.74, 6) is 1.05. The maximum absolute atomic E-state index is 4.05. The fraction of sp³-hybridized carbons (Fsp3) is 1.00. The first-order valence-electron chi connectivity index (χ1n) is 2.52. The normalized spacial score (nSPS) is 7.71. The van der Waals surface area contributed by atoms with Gasteiger partial charge in [-0.1, -0.05) is 19.8 Å². The molecule has 0 amide bonds. The van der Waals surface area contributed by atoms with Crippen molar-refractivity contribution in [3.63, 3.8) is 0 Å². The van der Waals surface area contributed by atoms with E-state index in [1.54, 1.807) is 0 Å². The molecule has 0 spiro atoms. The Bertz CT molecular complexity index is 20.0. The van der Waals surface area contributed by atoms with Crippen LogP contribution in [-0.4, -0.2) is 11.2 Å². The zero-order valence-corrected chi connectivity index (χ0v) is 5.67. The summed E-state index contributed by atoms with van der Waals surface area (Å²) in [6.45, 7) is 2.20.